The summed E-state index contributed by atoms with van der Waals surface area (Å²) in [5, 5.41) is 3.28. The topological polar surface area (TPSA) is 37.8 Å². The zero-order valence-corrected chi connectivity index (χ0v) is 9.53. The summed E-state index contributed by atoms with van der Waals surface area (Å²) in [4.78, 5) is 3.44. The summed E-state index contributed by atoms with van der Waals surface area (Å²) in [5.74, 6) is -0.418. The zero-order valence-electron chi connectivity index (χ0n) is 8.71. The maximum Gasteiger partial charge on any atom is 0.452 e. The van der Waals surface area contributed by atoms with Gasteiger partial charge >= 0.3 is 6.18 Å². The lowest BCUT2D eigenvalue weighted by molar-refractivity contribution is -0.144. The molecule has 1 N–H and O–H groups in total. The van der Waals surface area contributed by atoms with Gasteiger partial charge in [0, 0.05) is 17.6 Å². The van der Waals surface area contributed by atoms with E-state index in [2.05, 4.69) is 21.6 Å². The van der Waals surface area contributed by atoms with E-state index < -0.39 is 12.0 Å². The van der Waals surface area contributed by atoms with Gasteiger partial charge in [0.1, 0.15) is 0 Å². The first-order valence-electron chi connectivity index (χ1n) is 5.12. The molecule has 0 radical (unpaired) electrons. The third-order valence-corrected chi connectivity index (χ3v) is 3.35. The first-order chi connectivity index (χ1) is 7.45. The van der Waals surface area contributed by atoms with Gasteiger partial charge in [0.25, 0.3) is 0 Å². The minimum absolute atomic E-state index is 0.240. The van der Waals surface area contributed by atoms with E-state index in [0.717, 1.165) is 30.8 Å². The Kier molecular flexibility index (Phi) is 3.05. The third kappa shape index (κ3) is 2.63. The Bertz CT molecular complexity index is 363. The minimum atomic E-state index is -4.45. The van der Waals surface area contributed by atoms with E-state index in [-0.39, 0.29) is 11.2 Å². The van der Waals surface area contributed by atoms with E-state index in [4.69, 9.17) is 0 Å². The molecule has 3 nitrogen and oxygen atoms in total. The van der Waals surface area contributed by atoms with Crippen LogP contribution < -0.4 is 5.32 Å². The summed E-state index contributed by atoms with van der Waals surface area (Å²) in [7, 11) is 0. The van der Waals surface area contributed by atoms with Crippen molar-refractivity contribution in [2.75, 3.05) is 5.32 Å². The number of aromatic nitrogens is 2. The Morgan fingerprint density at radius 2 is 2.12 bits per heavy atom. The van der Waals surface area contributed by atoms with Gasteiger partial charge in [-0.15, -0.1) is 0 Å². The number of anilines is 1. The molecule has 2 rings (SSSR count). The molecule has 90 valence electrons. The molecular weight excluding hydrogens is 239 g/mol. The van der Waals surface area contributed by atoms with E-state index in [1.54, 1.807) is 0 Å². The molecule has 16 heavy (non-hydrogen) atoms. The van der Waals surface area contributed by atoms with E-state index >= 15 is 0 Å². The monoisotopic (exact) mass is 251 g/mol. The number of nitrogens with zero attached hydrogens (tertiary/aromatic N) is 2. The molecular formula is C9H12F3N3S. The summed E-state index contributed by atoms with van der Waals surface area (Å²) in [6.45, 7) is 2.14. The lowest BCUT2D eigenvalue weighted by Gasteiger charge is -2.09. The number of nitrogens with one attached hydrogen (secondary N) is 1. The molecule has 0 bridgehead atoms. The maximum absolute atomic E-state index is 12.2. The Morgan fingerprint density at radius 3 is 2.62 bits per heavy atom. The summed E-state index contributed by atoms with van der Waals surface area (Å²) < 4.78 is 40.0. The number of hydrogen-bond donors (Lipinski definition) is 1. The van der Waals surface area contributed by atoms with Gasteiger partial charge in [0.2, 0.25) is 11.0 Å². The summed E-state index contributed by atoms with van der Waals surface area (Å²) in [6, 6.07) is 0.240. The second-order valence-electron chi connectivity index (χ2n) is 4.18. The molecule has 1 saturated carbocycles. The second-order valence-corrected chi connectivity index (χ2v) is 4.93. The summed E-state index contributed by atoms with van der Waals surface area (Å²) >= 11 is 0.772. The molecule has 1 aromatic heterocycles. The Labute approximate surface area is 95.2 Å². The SMILES string of the molecule is CC1CCC(Nc2nc(C(F)(F)F)ns2)C1. The molecule has 1 aromatic rings. The van der Waals surface area contributed by atoms with Crippen molar-refractivity contribution in [2.45, 2.75) is 38.4 Å². The van der Waals surface area contributed by atoms with Crippen LogP contribution in [0.5, 0.6) is 0 Å². The third-order valence-electron chi connectivity index (χ3n) is 2.70. The molecule has 0 amide bonds. The van der Waals surface area contributed by atoms with Gasteiger partial charge in [-0.3, -0.25) is 0 Å². The van der Waals surface area contributed by atoms with Gasteiger partial charge in [0.15, 0.2) is 0 Å². The molecule has 1 aliphatic rings. The van der Waals surface area contributed by atoms with Crippen LogP contribution in [0.4, 0.5) is 18.3 Å². The van der Waals surface area contributed by atoms with Gasteiger partial charge in [-0.25, -0.2) is 0 Å². The first-order valence-corrected chi connectivity index (χ1v) is 5.90. The van der Waals surface area contributed by atoms with E-state index in [9.17, 15) is 13.2 Å². The second kappa shape index (κ2) is 4.20. The molecule has 0 aliphatic heterocycles. The largest absolute Gasteiger partial charge is 0.452 e. The quantitative estimate of drug-likeness (QED) is 0.877. The van der Waals surface area contributed by atoms with Crippen molar-refractivity contribution in [3.8, 4) is 0 Å². The fourth-order valence-electron chi connectivity index (χ4n) is 1.91. The molecule has 0 aromatic carbocycles. The average molecular weight is 251 g/mol. The van der Waals surface area contributed by atoms with Crippen molar-refractivity contribution in [3.05, 3.63) is 5.82 Å². The molecule has 7 heteroatoms. The highest BCUT2D eigenvalue weighted by atomic mass is 32.1. The van der Waals surface area contributed by atoms with Gasteiger partial charge < -0.3 is 5.32 Å². The molecule has 2 atom stereocenters. The van der Waals surface area contributed by atoms with Crippen LogP contribution in [0.15, 0.2) is 0 Å². The number of halogens is 3. The Balaban J connectivity index is 1.98. The van der Waals surface area contributed by atoms with Crippen molar-refractivity contribution >= 4 is 16.7 Å². The van der Waals surface area contributed by atoms with Gasteiger partial charge in [-0.05, 0) is 25.2 Å². The lowest BCUT2D eigenvalue weighted by atomic mass is 10.1. The molecule has 1 fully saturated rings. The highest BCUT2D eigenvalue weighted by Crippen LogP contribution is 2.31. The van der Waals surface area contributed by atoms with Crippen molar-refractivity contribution < 1.29 is 13.2 Å². The van der Waals surface area contributed by atoms with Crippen LogP contribution in [0.1, 0.15) is 32.0 Å². The number of alkyl halides is 3. The van der Waals surface area contributed by atoms with Crippen LogP contribution in [0, 0.1) is 5.92 Å². The molecule has 0 spiro atoms. The minimum Gasteiger partial charge on any atom is -0.358 e. The molecule has 0 saturated heterocycles. The van der Waals surface area contributed by atoms with Crippen molar-refractivity contribution in [3.63, 3.8) is 0 Å². The van der Waals surface area contributed by atoms with Gasteiger partial charge in [0.05, 0.1) is 0 Å². The fraction of sp³-hybridized carbons (Fsp3) is 0.778. The van der Waals surface area contributed by atoms with Gasteiger partial charge in [-0.2, -0.15) is 22.5 Å². The Morgan fingerprint density at radius 1 is 1.38 bits per heavy atom. The first kappa shape index (κ1) is 11.6. The van der Waals surface area contributed by atoms with E-state index in [1.165, 1.54) is 0 Å². The highest BCUT2D eigenvalue weighted by molar-refractivity contribution is 7.09. The van der Waals surface area contributed by atoms with Crippen LogP contribution in [0.2, 0.25) is 0 Å². The Hall–Kier alpha value is -0.850. The average Bonchev–Trinajstić information content (AvgIpc) is 2.74. The van der Waals surface area contributed by atoms with Crippen LogP contribution in [-0.4, -0.2) is 15.4 Å². The van der Waals surface area contributed by atoms with Crippen LogP contribution >= 0.6 is 11.5 Å². The molecule has 2 unspecified atom stereocenters. The predicted octanol–water partition coefficient (Wildman–Crippen LogP) is 3.16. The zero-order chi connectivity index (χ0) is 11.8. The molecule has 1 aliphatic carbocycles. The number of hydrogen-bond acceptors (Lipinski definition) is 4. The van der Waals surface area contributed by atoms with Crippen molar-refractivity contribution in [1.29, 1.82) is 0 Å². The normalized spacial score (nSPS) is 26.0. The van der Waals surface area contributed by atoms with Crippen LogP contribution in [0.25, 0.3) is 0 Å². The van der Waals surface area contributed by atoms with Gasteiger partial charge in [-0.1, -0.05) is 6.92 Å². The number of rotatable bonds is 2. The van der Waals surface area contributed by atoms with Crippen molar-refractivity contribution in [1.82, 2.24) is 9.36 Å². The van der Waals surface area contributed by atoms with Crippen molar-refractivity contribution in [2.24, 2.45) is 5.92 Å². The fourth-order valence-corrected chi connectivity index (χ4v) is 2.57. The summed E-state index contributed by atoms with van der Waals surface area (Å²) in [5.41, 5.74) is 0. The smallest absolute Gasteiger partial charge is 0.358 e. The molecule has 1 heterocycles. The standard InChI is InChI=1S/C9H12F3N3S/c1-5-2-3-6(4-5)13-8-14-7(15-16-8)9(10,11)12/h5-6H,2-4H2,1H3,(H,13,14,15). The maximum atomic E-state index is 12.2. The summed E-state index contributed by atoms with van der Waals surface area (Å²) in [6.07, 6.45) is -1.36. The van der Waals surface area contributed by atoms with E-state index in [1.807, 2.05) is 0 Å². The van der Waals surface area contributed by atoms with Crippen LogP contribution in [0.3, 0.4) is 0 Å². The predicted molar refractivity (Wildman–Crippen MR) is 55.3 cm³/mol. The lowest BCUT2D eigenvalue weighted by Crippen LogP contribution is -2.15. The van der Waals surface area contributed by atoms with E-state index in [0.29, 0.717) is 5.92 Å². The highest BCUT2D eigenvalue weighted by Gasteiger charge is 2.36. The van der Waals surface area contributed by atoms with Crippen LogP contribution in [-0.2, 0) is 6.18 Å².